The summed E-state index contributed by atoms with van der Waals surface area (Å²) in [6.07, 6.45) is 2.66. The Morgan fingerprint density at radius 3 is 2.33 bits per heavy atom. The molecule has 0 spiro atoms. The van der Waals surface area contributed by atoms with Crippen molar-refractivity contribution in [1.82, 2.24) is 9.21 Å². The van der Waals surface area contributed by atoms with Gasteiger partial charge >= 0.3 is 0 Å². The zero-order valence-corrected chi connectivity index (χ0v) is 12.3. The van der Waals surface area contributed by atoms with Crippen LogP contribution in [0.25, 0.3) is 0 Å². The van der Waals surface area contributed by atoms with Crippen LogP contribution < -0.4 is 5.73 Å². The molecule has 2 aliphatic rings. The van der Waals surface area contributed by atoms with Crippen LogP contribution in [-0.4, -0.2) is 60.6 Å². The molecule has 2 rings (SSSR count). The van der Waals surface area contributed by atoms with Gasteiger partial charge in [-0.2, -0.15) is 4.31 Å². The fourth-order valence-electron chi connectivity index (χ4n) is 2.20. The van der Waals surface area contributed by atoms with Crippen molar-refractivity contribution in [2.45, 2.75) is 25.0 Å². The van der Waals surface area contributed by atoms with Crippen molar-refractivity contribution in [3.05, 3.63) is 0 Å². The highest BCUT2D eigenvalue weighted by molar-refractivity contribution is 7.92. The van der Waals surface area contributed by atoms with Crippen molar-refractivity contribution < 1.29 is 8.42 Å². The molecule has 1 unspecified atom stereocenters. The first-order valence-corrected chi connectivity index (χ1v) is 8.33. The molecule has 0 radical (unpaired) electrons. The van der Waals surface area contributed by atoms with E-state index in [0.29, 0.717) is 13.1 Å². The van der Waals surface area contributed by atoms with Crippen molar-refractivity contribution >= 4 is 27.2 Å². The molecule has 104 valence electrons. The second-order valence-electron chi connectivity index (χ2n) is 5.23. The van der Waals surface area contributed by atoms with Crippen LogP contribution in [0, 0.1) is 5.92 Å². The van der Waals surface area contributed by atoms with Gasteiger partial charge in [-0.05, 0) is 25.7 Å². The molecule has 7 heteroatoms. The summed E-state index contributed by atoms with van der Waals surface area (Å²) in [6, 6.07) is 0. The third-order valence-corrected chi connectivity index (χ3v) is 6.49. The Bertz CT molecular complexity index is 412. The summed E-state index contributed by atoms with van der Waals surface area (Å²) >= 11 is 4.79. The molecular formula is C11H21N3O2S2. The van der Waals surface area contributed by atoms with Crippen LogP contribution in [0.1, 0.15) is 19.8 Å². The van der Waals surface area contributed by atoms with Gasteiger partial charge in [0.1, 0.15) is 5.25 Å². The second kappa shape index (κ2) is 5.40. The van der Waals surface area contributed by atoms with Crippen molar-refractivity contribution in [2.75, 3.05) is 32.7 Å². The van der Waals surface area contributed by atoms with Gasteiger partial charge in [-0.25, -0.2) is 8.42 Å². The third-order valence-electron chi connectivity index (χ3n) is 3.75. The third kappa shape index (κ3) is 3.20. The number of nitrogens with zero attached hydrogens (tertiary/aromatic N) is 2. The van der Waals surface area contributed by atoms with Crippen LogP contribution in [0.3, 0.4) is 0 Å². The molecule has 18 heavy (non-hydrogen) atoms. The molecule has 1 saturated carbocycles. The summed E-state index contributed by atoms with van der Waals surface area (Å²) in [4.78, 5) is 2.41. The Morgan fingerprint density at radius 1 is 1.33 bits per heavy atom. The van der Waals surface area contributed by atoms with Crippen molar-refractivity contribution in [2.24, 2.45) is 11.7 Å². The fourth-order valence-corrected chi connectivity index (χ4v) is 3.98. The highest BCUT2D eigenvalue weighted by atomic mass is 32.2. The van der Waals surface area contributed by atoms with Crippen LogP contribution >= 0.6 is 12.2 Å². The summed E-state index contributed by atoms with van der Waals surface area (Å²) in [6.45, 7) is 5.44. The first kappa shape index (κ1) is 14.2. The number of piperazine rings is 1. The number of sulfonamides is 1. The van der Waals surface area contributed by atoms with Gasteiger partial charge in [0, 0.05) is 32.7 Å². The van der Waals surface area contributed by atoms with Crippen molar-refractivity contribution in [3.63, 3.8) is 0 Å². The van der Waals surface area contributed by atoms with Crippen LogP contribution in [0.2, 0.25) is 0 Å². The Hall–Kier alpha value is -0.240. The standard InChI is InChI=1S/C11H21N3O2S2/c1-9(11(12)17)18(15,16)14-6-4-13(5-7-14)8-10-2-3-10/h9-10H,2-8H2,1H3,(H2,12,17). The Balaban J connectivity index is 1.89. The molecule has 0 aromatic carbocycles. The van der Waals surface area contributed by atoms with Crippen LogP contribution in [0.4, 0.5) is 0 Å². The molecule has 0 aromatic rings. The molecule has 1 aliphatic heterocycles. The first-order valence-electron chi connectivity index (χ1n) is 6.42. The number of hydrogen-bond acceptors (Lipinski definition) is 4. The monoisotopic (exact) mass is 291 g/mol. The summed E-state index contributed by atoms with van der Waals surface area (Å²) in [5, 5.41) is -0.762. The predicted molar refractivity (Wildman–Crippen MR) is 75.9 cm³/mol. The van der Waals surface area contributed by atoms with Gasteiger partial charge < -0.3 is 10.6 Å². The second-order valence-corrected chi connectivity index (χ2v) is 7.96. The lowest BCUT2D eigenvalue weighted by Gasteiger charge is -2.35. The summed E-state index contributed by atoms with van der Waals surface area (Å²) in [5.74, 6) is 0.851. The average molecular weight is 291 g/mol. The van der Waals surface area contributed by atoms with E-state index < -0.39 is 15.3 Å². The van der Waals surface area contributed by atoms with Gasteiger partial charge in [0.15, 0.2) is 0 Å². The SMILES string of the molecule is CC(C(N)=S)S(=O)(=O)N1CCN(CC2CC2)CC1. The molecule has 1 heterocycles. The first-order chi connectivity index (χ1) is 8.41. The van der Waals surface area contributed by atoms with E-state index in [0.717, 1.165) is 25.6 Å². The van der Waals surface area contributed by atoms with E-state index in [1.807, 2.05) is 0 Å². The molecular weight excluding hydrogens is 270 g/mol. The molecule has 0 bridgehead atoms. The lowest BCUT2D eigenvalue weighted by Crippen LogP contribution is -2.52. The molecule has 0 amide bonds. The molecule has 2 N–H and O–H groups in total. The highest BCUT2D eigenvalue weighted by Gasteiger charge is 2.34. The average Bonchev–Trinajstić information content (AvgIpc) is 3.12. The summed E-state index contributed by atoms with van der Waals surface area (Å²) < 4.78 is 25.9. The minimum absolute atomic E-state index is 0.0513. The van der Waals surface area contributed by atoms with E-state index in [2.05, 4.69) is 4.90 Å². The normalized spacial score (nSPS) is 24.9. The van der Waals surface area contributed by atoms with E-state index >= 15 is 0 Å². The Kier molecular flexibility index (Phi) is 4.25. The molecule has 2 fully saturated rings. The van der Waals surface area contributed by atoms with E-state index in [4.69, 9.17) is 18.0 Å². The Labute approximate surface area is 114 Å². The maximum Gasteiger partial charge on any atom is 0.223 e. The molecule has 1 aliphatic carbocycles. The number of hydrogen-bond donors (Lipinski definition) is 1. The van der Waals surface area contributed by atoms with Gasteiger partial charge in [-0.3, -0.25) is 0 Å². The van der Waals surface area contributed by atoms with Gasteiger partial charge in [-0.1, -0.05) is 12.2 Å². The maximum atomic E-state index is 12.2. The minimum Gasteiger partial charge on any atom is -0.392 e. The van der Waals surface area contributed by atoms with Gasteiger partial charge in [-0.15, -0.1) is 0 Å². The lowest BCUT2D eigenvalue weighted by atomic mass is 10.3. The molecule has 1 atom stereocenters. The van der Waals surface area contributed by atoms with E-state index in [1.54, 1.807) is 6.92 Å². The zero-order chi connectivity index (χ0) is 13.3. The highest BCUT2D eigenvalue weighted by Crippen LogP contribution is 2.30. The quantitative estimate of drug-likeness (QED) is 0.723. The van der Waals surface area contributed by atoms with E-state index in [9.17, 15) is 8.42 Å². The maximum absolute atomic E-state index is 12.2. The van der Waals surface area contributed by atoms with E-state index in [1.165, 1.54) is 17.1 Å². The predicted octanol–water partition coefficient (Wildman–Crippen LogP) is 0.0184. The van der Waals surface area contributed by atoms with Crippen LogP contribution in [-0.2, 0) is 10.0 Å². The van der Waals surface area contributed by atoms with Gasteiger partial charge in [0.25, 0.3) is 0 Å². The zero-order valence-electron chi connectivity index (χ0n) is 10.7. The number of rotatable bonds is 5. The largest absolute Gasteiger partial charge is 0.392 e. The lowest BCUT2D eigenvalue weighted by molar-refractivity contribution is 0.182. The fraction of sp³-hybridized carbons (Fsp3) is 0.909. The van der Waals surface area contributed by atoms with Gasteiger partial charge in [0.05, 0.1) is 4.99 Å². The molecule has 1 saturated heterocycles. The number of thiocarbonyl (C=S) groups is 1. The van der Waals surface area contributed by atoms with Crippen molar-refractivity contribution in [3.8, 4) is 0 Å². The summed E-state index contributed by atoms with van der Waals surface area (Å²) in [5.41, 5.74) is 5.45. The topological polar surface area (TPSA) is 66.6 Å². The van der Waals surface area contributed by atoms with Crippen molar-refractivity contribution in [1.29, 1.82) is 0 Å². The van der Waals surface area contributed by atoms with Gasteiger partial charge in [0.2, 0.25) is 10.0 Å². The smallest absolute Gasteiger partial charge is 0.223 e. The summed E-state index contributed by atoms with van der Waals surface area (Å²) in [7, 11) is -3.36. The Morgan fingerprint density at radius 2 is 1.89 bits per heavy atom. The number of nitrogens with two attached hydrogens (primary N) is 1. The minimum atomic E-state index is -3.36. The molecule has 0 aromatic heterocycles. The van der Waals surface area contributed by atoms with Crippen LogP contribution in [0.15, 0.2) is 0 Å². The van der Waals surface area contributed by atoms with Crippen LogP contribution in [0.5, 0.6) is 0 Å². The molecule has 5 nitrogen and oxygen atoms in total. The van der Waals surface area contributed by atoms with E-state index in [-0.39, 0.29) is 4.99 Å².